The Morgan fingerprint density at radius 2 is 1.60 bits per heavy atom. The normalized spacial score (nSPS) is 31.7. The lowest BCUT2D eigenvalue weighted by molar-refractivity contribution is -0.0594. The molecular formula is C45H70O3. The lowest BCUT2D eigenvalue weighted by atomic mass is 9.47. The Labute approximate surface area is 295 Å². The summed E-state index contributed by atoms with van der Waals surface area (Å²) in [4.78, 5) is 13.2. The van der Waals surface area contributed by atoms with E-state index in [2.05, 4.69) is 47.3 Å². The van der Waals surface area contributed by atoms with Crippen LogP contribution in [0.1, 0.15) is 167 Å². The Morgan fingerprint density at radius 3 is 2.33 bits per heavy atom. The molecular weight excluding hydrogens is 588 g/mol. The van der Waals surface area contributed by atoms with E-state index in [0.717, 1.165) is 80.0 Å². The van der Waals surface area contributed by atoms with Crippen molar-refractivity contribution in [1.82, 2.24) is 0 Å². The first-order valence-electron chi connectivity index (χ1n) is 20.4. The van der Waals surface area contributed by atoms with Crippen LogP contribution in [0.15, 0.2) is 48.6 Å². The SMILES string of the molecule is C=CCCCCCCCCCOc1ccc(C(=O)OC2CC[C@@]3(C)C(=CC[C@H]4[C@@H]5CC[C@H]([C@H](C)CCCC(C)C)[C@@]5(C)CC[C@@H]43)C2)cc1. The number of benzene rings is 1. The fourth-order valence-corrected chi connectivity index (χ4v) is 11.1. The summed E-state index contributed by atoms with van der Waals surface area (Å²) in [5.41, 5.74) is 3.02. The molecule has 0 radical (unpaired) electrons. The number of carbonyl (C=O) groups is 1. The van der Waals surface area contributed by atoms with E-state index in [1.807, 2.05) is 30.3 Å². The zero-order chi connectivity index (χ0) is 34.1. The third kappa shape index (κ3) is 8.81. The van der Waals surface area contributed by atoms with Crippen molar-refractivity contribution in [3.8, 4) is 5.75 Å². The van der Waals surface area contributed by atoms with Gasteiger partial charge in [0.05, 0.1) is 12.2 Å². The molecule has 1 aromatic rings. The fraction of sp³-hybridized carbons (Fsp3) is 0.756. The Kier molecular flexibility index (Phi) is 13.4. The van der Waals surface area contributed by atoms with Gasteiger partial charge in [-0.2, -0.15) is 0 Å². The number of hydrogen-bond donors (Lipinski definition) is 0. The molecule has 3 heteroatoms. The van der Waals surface area contributed by atoms with Crippen molar-refractivity contribution in [3.63, 3.8) is 0 Å². The second-order valence-electron chi connectivity index (χ2n) is 17.5. The molecule has 1 unspecified atom stereocenters. The maximum absolute atomic E-state index is 13.2. The van der Waals surface area contributed by atoms with E-state index in [1.165, 1.54) is 89.9 Å². The van der Waals surface area contributed by atoms with Gasteiger partial charge in [0.2, 0.25) is 0 Å². The van der Waals surface area contributed by atoms with Crippen molar-refractivity contribution in [1.29, 1.82) is 0 Å². The van der Waals surface area contributed by atoms with Crippen LogP contribution in [-0.4, -0.2) is 18.7 Å². The summed E-state index contributed by atoms with van der Waals surface area (Å²) >= 11 is 0. The molecule has 1 aromatic carbocycles. The Morgan fingerprint density at radius 1 is 0.875 bits per heavy atom. The Balaban J connectivity index is 1.07. The van der Waals surface area contributed by atoms with E-state index < -0.39 is 0 Å². The number of esters is 1. The van der Waals surface area contributed by atoms with Crippen molar-refractivity contribution >= 4 is 5.97 Å². The summed E-state index contributed by atoms with van der Waals surface area (Å²) in [6.07, 6.45) is 28.7. The van der Waals surface area contributed by atoms with Crippen LogP contribution in [0.4, 0.5) is 0 Å². The number of hydrogen-bond acceptors (Lipinski definition) is 3. The first-order chi connectivity index (χ1) is 23.2. The predicted molar refractivity (Wildman–Crippen MR) is 201 cm³/mol. The zero-order valence-corrected chi connectivity index (χ0v) is 31.6. The molecule has 0 amide bonds. The molecule has 3 nitrogen and oxygen atoms in total. The number of unbranched alkanes of at least 4 members (excludes halogenated alkanes) is 7. The molecule has 3 saturated carbocycles. The van der Waals surface area contributed by atoms with E-state index >= 15 is 0 Å². The third-order valence-electron chi connectivity index (χ3n) is 13.9. The van der Waals surface area contributed by atoms with Gasteiger partial charge in [-0.05, 0) is 135 Å². The monoisotopic (exact) mass is 659 g/mol. The molecule has 0 saturated heterocycles. The van der Waals surface area contributed by atoms with Gasteiger partial charge in [0.15, 0.2) is 0 Å². The zero-order valence-electron chi connectivity index (χ0n) is 31.6. The summed E-state index contributed by atoms with van der Waals surface area (Å²) in [5, 5.41) is 0. The molecule has 5 rings (SSSR count). The third-order valence-corrected chi connectivity index (χ3v) is 13.9. The summed E-state index contributed by atoms with van der Waals surface area (Å²) in [6.45, 7) is 17.1. The largest absolute Gasteiger partial charge is 0.494 e. The molecule has 48 heavy (non-hydrogen) atoms. The molecule has 4 aliphatic rings. The molecule has 0 aromatic heterocycles. The summed E-state index contributed by atoms with van der Waals surface area (Å²) in [7, 11) is 0. The second-order valence-corrected chi connectivity index (χ2v) is 17.5. The van der Waals surface area contributed by atoms with Gasteiger partial charge in [-0.15, -0.1) is 6.58 Å². The Bertz CT molecular complexity index is 1200. The molecule has 8 atom stereocenters. The van der Waals surface area contributed by atoms with Crippen LogP contribution >= 0.6 is 0 Å². The molecule has 0 spiro atoms. The van der Waals surface area contributed by atoms with Crippen molar-refractivity contribution in [2.75, 3.05) is 6.61 Å². The highest BCUT2D eigenvalue weighted by atomic mass is 16.5. The lowest BCUT2D eigenvalue weighted by Crippen LogP contribution is -2.51. The maximum atomic E-state index is 13.2. The van der Waals surface area contributed by atoms with E-state index in [-0.39, 0.29) is 17.5 Å². The van der Waals surface area contributed by atoms with Crippen LogP contribution in [0.5, 0.6) is 5.75 Å². The smallest absolute Gasteiger partial charge is 0.338 e. The fourth-order valence-electron chi connectivity index (χ4n) is 11.1. The second kappa shape index (κ2) is 17.3. The van der Waals surface area contributed by atoms with Crippen molar-refractivity contribution in [2.24, 2.45) is 46.3 Å². The molecule has 0 aliphatic heterocycles. The molecule has 3 fully saturated rings. The van der Waals surface area contributed by atoms with Crippen LogP contribution in [0.25, 0.3) is 0 Å². The standard InChI is InChI=1S/C45H70O3/c1-7-8-9-10-11-12-13-14-15-31-47-37-22-19-35(20-23-37)43(46)48-38-27-29-44(5)36(32-38)21-24-39-41-26-25-40(34(4)18-16-17-33(2)3)45(41,6)30-28-42(39)44/h7,19-23,33-34,38-42H,1,8-18,24-32H2,2-6H3/t34-,38?,39+,40-,41+,42+,44+,45-/m1/s1. The number of ether oxygens (including phenoxy) is 2. The minimum Gasteiger partial charge on any atom is -0.494 e. The van der Waals surface area contributed by atoms with Crippen LogP contribution in [0.2, 0.25) is 0 Å². The average molecular weight is 659 g/mol. The summed E-state index contributed by atoms with van der Waals surface area (Å²) in [6, 6.07) is 7.60. The quantitative estimate of drug-likeness (QED) is 0.0894. The van der Waals surface area contributed by atoms with Gasteiger partial charge in [-0.25, -0.2) is 4.79 Å². The van der Waals surface area contributed by atoms with Crippen LogP contribution in [-0.2, 0) is 4.74 Å². The van der Waals surface area contributed by atoms with Gasteiger partial charge in [0.25, 0.3) is 0 Å². The number of rotatable bonds is 18. The predicted octanol–water partition coefficient (Wildman–Crippen LogP) is 12.9. The average Bonchev–Trinajstić information content (AvgIpc) is 3.43. The topological polar surface area (TPSA) is 35.5 Å². The highest BCUT2D eigenvalue weighted by Crippen LogP contribution is 2.67. The van der Waals surface area contributed by atoms with Gasteiger partial charge in [0.1, 0.15) is 11.9 Å². The molecule has 4 aliphatic carbocycles. The first-order valence-corrected chi connectivity index (χ1v) is 20.4. The minimum atomic E-state index is -0.189. The van der Waals surface area contributed by atoms with Gasteiger partial charge in [-0.3, -0.25) is 0 Å². The van der Waals surface area contributed by atoms with E-state index in [1.54, 1.807) is 5.57 Å². The first kappa shape index (κ1) is 37.2. The van der Waals surface area contributed by atoms with Gasteiger partial charge >= 0.3 is 5.97 Å². The van der Waals surface area contributed by atoms with Crippen molar-refractivity contribution < 1.29 is 14.3 Å². The van der Waals surface area contributed by atoms with Gasteiger partial charge < -0.3 is 9.47 Å². The van der Waals surface area contributed by atoms with E-state index in [0.29, 0.717) is 11.0 Å². The number of allylic oxidation sites excluding steroid dienone is 2. The highest BCUT2D eigenvalue weighted by Gasteiger charge is 2.59. The molecule has 268 valence electrons. The maximum Gasteiger partial charge on any atom is 0.338 e. The summed E-state index contributed by atoms with van der Waals surface area (Å²) < 4.78 is 12.1. The molecule has 0 bridgehead atoms. The molecule has 0 heterocycles. The highest BCUT2D eigenvalue weighted by molar-refractivity contribution is 5.89. The van der Waals surface area contributed by atoms with E-state index in [4.69, 9.17) is 9.47 Å². The van der Waals surface area contributed by atoms with Gasteiger partial charge in [0, 0.05) is 6.42 Å². The van der Waals surface area contributed by atoms with Gasteiger partial charge in [-0.1, -0.05) is 104 Å². The van der Waals surface area contributed by atoms with Crippen LogP contribution < -0.4 is 4.74 Å². The number of fused-ring (bicyclic) bond motifs is 5. The Hall–Kier alpha value is -2.03. The van der Waals surface area contributed by atoms with Crippen molar-refractivity contribution in [2.45, 2.75) is 163 Å². The number of carbonyl (C=O) groups excluding carboxylic acids is 1. The van der Waals surface area contributed by atoms with Crippen molar-refractivity contribution in [3.05, 3.63) is 54.1 Å². The minimum absolute atomic E-state index is 0.0114. The van der Waals surface area contributed by atoms with E-state index in [9.17, 15) is 4.79 Å². The molecule has 0 N–H and O–H groups in total. The van der Waals surface area contributed by atoms with Crippen LogP contribution in [0.3, 0.4) is 0 Å². The summed E-state index contributed by atoms with van der Waals surface area (Å²) in [5.74, 6) is 5.75. The lowest BCUT2D eigenvalue weighted by Gasteiger charge is -2.58. The van der Waals surface area contributed by atoms with Crippen LogP contribution in [0, 0.1) is 46.3 Å².